The van der Waals surface area contributed by atoms with E-state index >= 15 is 0 Å². The molecule has 0 unspecified atom stereocenters. The number of hydrogen-bond acceptors (Lipinski definition) is 7. The number of hydrogen-bond donors (Lipinski definition) is 5. The monoisotopic (exact) mass is 588 g/mol. The van der Waals surface area contributed by atoms with E-state index in [1.165, 1.54) is 12.1 Å². The molecule has 5 N–H and O–H groups in total. The maximum Gasteiger partial charge on any atom is 0.407 e. The molecule has 0 spiro atoms. The molecule has 1 aliphatic carbocycles. The van der Waals surface area contributed by atoms with Gasteiger partial charge in [-0.15, -0.1) is 0 Å². The molecular formula is C33H40N4O6. The highest BCUT2D eigenvalue weighted by atomic mass is 16.5. The molecule has 3 aromatic carbocycles. The molecule has 43 heavy (non-hydrogen) atoms. The van der Waals surface area contributed by atoms with Crippen molar-refractivity contribution >= 4 is 17.9 Å². The second-order valence-electron chi connectivity index (χ2n) is 11.3. The molecule has 3 aromatic rings. The largest absolute Gasteiger partial charge is 0.453 e. The minimum Gasteiger partial charge on any atom is -0.453 e. The van der Waals surface area contributed by atoms with E-state index in [-0.39, 0.29) is 25.4 Å². The number of rotatable bonds is 12. The van der Waals surface area contributed by atoms with Crippen molar-refractivity contribution in [3.05, 3.63) is 107 Å². The third-order valence-electron chi connectivity index (χ3n) is 7.60. The third kappa shape index (κ3) is 8.19. The number of carbonyl (C=O) groups is 3. The van der Waals surface area contributed by atoms with Crippen molar-refractivity contribution in [2.24, 2.45) is 5.92 Å². The van der Waals surface area contributed by atoms with Crippen molar-refractivity contribution in [3.8, 4) is 0 Å². The summed E-state index contributed by atoms with van der Waals surface area (Å²) in [5.41, 5.74) is 4.07. The number of benzene rings is 3. The van der Waals surface area contributed by atoms with Crippen LogP contribution in [0.5, 0.6) is 0 Å². The first-order chi connectivity index (χ1) is 20.6. The van der Waals surface area contributed by atoms with E-state index in [1.54, 1.807) is 13.8 Å². The summed E-state index contributed by atoms with van der Waals surface area (Å²) in [4.78, 5) is 39.4. The van der Waals surface area contributed by atoms with Crippen LogP contribution < -0.4 is 16.1 Å². The number of alkyl carbamates (subject to hydrolysis) is 1. The molecule has 0 fully saturated rings. The van der Waals surface area contributed by atoms with Gasteiger partial charge in [0.1, 0.15) is 6.04 Å². The highest BCUT2D eigenvalue weighted by molar-refractivity contribution is 5.87. The molecule has 4 rings (SSSR count). The van der Waals surface area contributed by atoms with Crippen LogP contribution in [0.2, 0.25) is 0 Å². The summed E-state index contributed by atoms with van der Waals surface area (Å²) in [6.07, 6.45) is -1.27. The van der Waals surface area contributed by atoms with Crippen LogP contribution in [0.4, 0.5) is 4.79 Å². The van der Waals surface area contributed by atoms with Crippen molar-refractivity contribution in [1.82, 2.24) is 21.1 Å². The van der Waals surface area contributed by atoms with Crippen molar-refractivity contribution in [1.29, 1.82) is 0 Å². The van der Waals surface area contributed by atoms with Gasteiger partial charge in [-0.3, -0.25) is 15.0 Å². The molecule has 0 heterocycles. The molecule has 10 heteroatoms. The first-order valence-electron chi connectivity index (χ1n) is 14.4. The molecule has 10 nitrogen and oxygen atoms in total. The Labute approximate surface area is 252 Å². The Kier molecular flexibility index (Phi) is 10.5. The quantitative estimate of drug-likeness (QED) is 0.205. The molecule has 0 saturated carbocycles. The van der Waals surface area contributed by atoms with E-state index < -0.39 is 41.7 Å². The lowest BCUT2D eigenvalue weighted by atomic mass is 9.92. The van der Waals surface area contributed by atoms with E-state index in [9.17, 15) is 24.6 Å². The van der Waals surface area contributed by atoms with Crippen LogP contribution in [0.3, 0.4) is 0 Å². The Morgan fingerprint density at radius 1 is 0.953 bits per heavy atom. The first-order valence-corrected chi connectivity index (χ1v) is 14.4. The number of ether oxygens (including phenoxy) is 1. The summed E-state index contributed by atoms with van der Waals surface area (Å²) >= 11 is 0. The van der Waals surface area contributed by atoms with Gasteiger partial charge in [0, 0.05) is 19.4 Å². The third-order valence-corrected chi connectivity index (χ3v) is 7.60. The highest BCUT2D eigenvalue weighted by Gasteiger charge is 2.42. The number of amides is 3. The van der Waals surface area contributed by atoms with Crippen LogP contribution in [-0.2, 0) is 33.7 Å². The maximum atomic E-state index is 14.0. The Balaban J connectivity index is 1.64. The molecule has 4 atom stereocenters. The summed E-state index contributed by atoms with van der Waals surface area (Å²) in [5, 5.41) is 29.9. The van der Waals surface area contributed by atoms with E-state index in [0.29, 0.717) is 12.0 Å². The van der Waals surface area contributed by atoms with Crippen molar-refractivity contribution in [2.45, 2.75) is 57.0 Å². The molecule has 228 valence electrons. The topological polar surface area (TPSA) is 140 Å². The van der Waals surface area contributed by atoms with Gasteiger partial charge in [0.05, 0.1) is 25.8 Å². The summed E-state index contributed by atoms with van der Waals surface area (Å²) in [6.45, 7) is 3.44. The number of fused-ring (bicyclic) bond motifs is 1. The molecule has 0 aliphatic heterocycles. The lowest BCUT2D eigenvalue weighted by molar-refractivity contribution is -0.147. The fourth-order valence-electron chi connectivity index (χ4n) is 5.37. The fourth-order valence-corrected chi connectivity index (χ4v) is 5.37. The van der Waals surface area contributed by atoms with Crippen molar-refractivity contribution in [3.63, 3.8) is 0 Å². The Hall–Kier alpha value is -4.25. The normalized spacial score (nSPS) is 17.9. The molecule has 0 bridgehead atoms. The lowest BCUT2D eigenvalue weighted by Crippen LogP contribution is -2.61. The molecule has 1 aliphatic rings. The van der Waals surface area contributed by atoms with Crippen LogP contribution in [0.1, 0.15) is 42.1 Å². The summed E-state index contributed by atoms with van der Waals surface area (Å²) in [5.74, 6) is -1.50. The number of methoxy groups -OCH3 is 1. The smallest absolute Gasteiger partial charge is 0.407 e. The SMILES string of the molecule is COC(=O)N[C@H](C(=O)NN(Cc1ccccc1)C[C@](O)(Cc1ccccc1)C(=O)N[C@H]1c2ccccc2C[C@H]1O)C(C)C. The van der Waals surface area contributed by atoms with Crippen LogP contribution in [0, 0.1) is 5.92 Å². The van der Waals surface area contributed by atoms with Crippen LogP contribution in [0.15, 0.2) is 84.9 Å². The zero-order valence-corrected chi connectivity index (χ0v) is 24.7. The number of aliphatic hydroxyl groups excluding tert-OH is 1. The van der Waals surface area contributed by atoms with Gasteiger partial charge in [-0.25, -0.2) is 9.80 Å². The second kappa shape index (κ2) is 14.3. The number of aliphatic hydroxyl groups is 2. The zero-order valence-electron chi connectivity index (χ0n) is 24.7. The fraction of sp³-hybridized carbons (Fsp3) is 0.364. The van der Waals surface area contributed by atoms with Crippen LogP contribution in [0.25, 0.3) is 0 Å². The number of nitrogens with zero attached hydrogens (tertiary/aromatic N) is 1. The highest BCUT2D eigenvalue weighted by Crippen LogP contribution is 2.32. The summed E-state index contributed by atoms with van der Waals surface area (Å²) < 4.78 is 4.70. The Morgan fingerprint density at radius 3 is 2.19 bits per heavy atom. The van der Waals surface area contributed by atoms with E-state index in [4.69, 9.17) is 4.74 Å². The van der Waals surface area contributed by atoms with E-state index in [0.717, 1.165) is 16.7 Å². The predicted molar refractivity (Wildman–Crippen MR) is 161 cm³/mol. The Bertz CT molecular complexity index is 1390. The number of hydrazine groups is 1. The molecule has 0 radical (unpaired) electrons. The second-order valence-corrected chi connectivity index (χ2v) is 11.3. The van der Waals surface area contributed by atoms with E-state index in [2.05, 4.69) is 16.1 Å². The van der Waals surface area contributed by atoms with Gasteiger partial charge in [0.2, 0.25) is 0 Å². The predicted octanol–water partition coefficient (Wildman–Crippen LogP) is 2.65. The van der Waals surface area contributed by atoms with Crippen molar-refractivity contribution in [2.75, 3.05) is 13.7 Å². The minimum atomic E-state index is -2.02. The first kappa shape index (κ1) is 31.7. The van der Waals surface area contributed by atoms with Gasteiger partial charge in [-0.2, -0.15) is 0 Å². The maximum absolute atomic E-state index is 14.0. The van der Waals surface area contributed by atoms with Crippen molar-refractivity contribution < 1.29 is 29.3 Å². The molecule has 0 aromatic heterocycles. The van der Waals surface area contributed by atoms with Crippen LogP contribution >= 0.6 is 0 Å². The Morgan fingerprint density at radius 2 is 1.56 bits per heavy atom. The average molecular weight is 589 g/mol. The van der Waals surface area contributed by atoms with Crippen LogP contribution in [-0.4, -0.2) is 64.5 Å². The van der Waals surface area contributed by atoms with Gasteiger partial charge in [-0.05, 0) is 28.2 Å². The lowest BCUT2D eigenvalue weighted by Gasteiger charge is -2.35. The van der Waals surface area contributed by atoms with Gasteiger partial charge in [0.15, 0.2) is 5.60 Å². The minimum absolute atomic E-state index is 0.0562. The standard InChI is InChI=1S/C33H40N4O6/c1-22(2)28(35-32(41)43-3)30(39)36-37(20-24-14-8-5-9-15-24)21-33(42,19-23-12-6-4-7-13-23)31(40)34-29-26-17-11-10-16-25(26)18-27(29)38/h4-17,22,27-29,38,42H,18-21H2,1-3H3,(H,34,40)(H,35,41)(H,36,39)/t27-,28+,29+,33-/m1/s1. The molecule has 3 amide bonds. The zero-order chi connectivity index (χ0) is 31.0. The average Bonchev–Trinajstić information content (AvgIpc) is 3.30. The molecular weight excluding hydrogens is 548 g/mol. The number of nitrogens with one attached hydrogen (secondary N) is 3. The number of carbonyl (C=O) groups excluding carboxylic acids is 3. The van der Waals surface area contributed by atoms with Gasteiger partial charge < -0.3 is 25.6 Å². The summed E-state index contributed by atoms with van der Waals surface area (Å²) in [7, 11) is 1.22. The van der Waals surface area contributed by atoms with Gasteiger partial charge >= 0.3 is 6.09 Å². The summed E-state index contributed by atoms with van der Waals surface area (Å²) in [6, 6.07) is 24.3. The van der Waals surface area contributed by atoms with Gasteiger partial charge in [-0.1, -0.05) is 98.8 Å². The van der Waals surface area contributed by atoms with E-state index in [1.807, 2.05) is 84.9 Å². The molecule has 0 saturated heterocycles. The van der Waals surface area contributed by atoms with Gasteiger partial charge in [0.25, 0.3) is 11.8 Å².